The molecule has 1 N–H and O–H groups in total. The van der Waals surface area contributed by atoms with Gasteiger partial charge in [-0.3, -0.25) is 4.79 Å². The molecule has 1 fully saturated rings. The number of aliphatic carboxylic acids is 1. The Morgan fingerprint density at radius 1 is 1.40 bits per heavy atom. The minimum Gasteiger partial charge on any atom is -0.481 e. The molecule has 1 aliphatic carbocycles. The molecule has 2 aromatic rings. The van der Waals surface area contributed by atoms with Crippen molar-refractivity contribution in [1.82, 2.24) is 9.55 Å². The van der Waals surface area contributed by atoms with Gasteiger partial charge in [-0.1, -0.05) is 19.1 Å². The first-order valence-corrected chi connectivity index (χ1v) is 7.37. The summed E-state index contributed by atoms with van der Waals surface area (Å²) in [4.78, 5) is 15.9. The molecular formula is C16H20N2O2. The van der Waals surface area contributed by atoms with Crippen LogP contribution in [0, 0.1) is 11.8 Å². The Kier molecular flexibility index (Phi) is 3.47. The third-order valence-corrected chi connectivity index (χ3v) is 4.36. The number of imidazole rings is 1. The second kappa shape index (κ2) is 5.27. The summed E-state index contributed by atoms with van der Waals surface area (Å²) in [6.07, 6.45) is 3.66. The Hall–Kier alpha value is -1.84. The van der Waals surface area contributed by atoms with E-state index in [1.165, 1.54) is 0 Å². The lowest BCUT2D eigenvalue weighted by Crippen LogP contribution is -2.34. The average molecular weight is 272 g/mol. The van der Waals surface area contributed by atoms with E-state index < -0.39 is 5.97 Å². The number of hydrogen-bond donors (Lipinski definition) is 1. The van der Waals surface area contributed by atoms with E-state index in [1.807, 2.05) is 18.2 Å². The minimum atomic E-state index is -0.653. The number of carboxylic acids is 1. The van der Waals surface area contributed by atoms with Crippen molar-refractivity contribution >= 4 is 17.0 Å². The molecule has 0 bridgehead atoms. The van der Waals surface area contributed by atoms with Gasteiger partial charge in [-0.25, -0.2) is 4.98 Å². The van der Waals surface area contributed by atoms with Gasteiger partial charge < -0.3 is 9.67 Å². The first-order valence-electron chi connectivity index (χ1n) is 7.37. The van der Waals surface area contributed by atoms with Crippen molar-refractivity contribution in [3.8, 4) is 0 Å². The lowest BCUT2D eigenvalue weighted by molar-refractivity contribution is -0.147. The predicted molar refractivity (Wildman–Crippen MR) is 77.6 cm³/mol. The van der Waals surface area contributed by atoms with Gasteiger partial charge in [-0.15, -0.1) is 0 Å². The van der Waals surface area contributed by atoms with Gasteiger partial charge in [0.1, 0.15) is 5.82 Å². The topological polar surface area (TPSA) is 55.1 Å². The van der Waals surface area contributed by atoms with Gasteiger partial charge in [0.25, 0.3) is 0 Å². The van der Waals surface area contributed by atoms with E-state index in [4.69, 9.17) is 10.1 Å². The highest BCUT2D eigenvalue weighted by atomic mass is 16.4. The van der Waals surface area contributed by atoms with Crippen molar-refractivity contribution < 1.29 is 9.90 Å². The van der Waals surface area contributed by atoms with E-state index in [9.17, 15) is 4.79 Å². The van der Waals surface area contributed by atoms with Crippen LogP contribution in [0.15, 0.2) is 24.3 Å². The monoisotopic (exact) mass is 272 g/mol. The normalized spacial score (nSPS) is 21.9. The molecule has 1 heterocycles. The van der Waals surface area contributed by atoms with Crippen LogP contribution < -0.4 is 0 Å². The molecule has 1 aliphatic rings. The van der Waals surface area contributed by atoms with Crippen LogP contribution in [0.3, 0.4) is 0 Å². The smallest absolute Gasteiger partial charge is 0.306 e. The van der Waals surface area contributed by atoms with Gasteiger partial charge >= 0.3 is 5.97 Å². The zero-order valence-corrected chi connectivity index (χ0v) is 11.7. The number of aryl methyl sites for hydroxylation is 1. The summed E-state index contributed by atoms with van der Waals surface area (Å²) in [5, 5.41) is 9.17. The molecule has 106 valence electrons. The van der Waals surface area contributed by atoms with Gasteiger partial charge in [0.05, 0.1) is 17.0 Å². The number of carboxylic acid groups (broad SMARTS) is 1. The van der Waals surface area contributed by atoms with Crippen molar-refractivity contribution in [1.29, 1.82) is 0 Å². The van der Waals surface area contributed by atoms with Crippen LogP contribution in [-0.4, -0.2) is 20.6 Å². The van der Waals surface area contributed by atoms with Crippen LogP contribution >= 0.6 is 0 Å². The molecule has 4 heteroatoms. The van der Waals surface area contributed by atoms with Gasteiger partial charge in [0.15, 0.2) is 0 Å². The van der Waals surface area contributed by atoms with Gasteiger partial charge in [-0.2, -0.15) is 0 Å². The largest absolute Gasteiger partial charge is 0.481 e. The minimum absolute atomic E-state index is 0.176. The molecular weight excluding hydrogens is 252 g/mol. The number of benzene rings is 1. The molecule has 20 heavy (non-hydrogen) atoms. The molecule has 1 aromatic carbocycles. The van der Waals surface area contributed by atoms with Crippen molar-refractivity contribution in [3.05, 3.63) is 30.1 Å². The molecule has 3 rings (SSSR count). The Labute approximate surface area is 118 Å². The van der Waals surface area contributed by atoms with Gasteiger partial charge in [-0.05, 0) is 37.3 Å². The fourth-order valence-corrected chi connectivity index (χ4v) is 3.13. The number of hydrogen-bond acceptors (Lipinski definition) is 2. The lowest BCUT2D eigenvalue weighted by atomic mass is 9.72. The van der Waals surface area contributed by atoms with E-state index in [2.05, 4.69) is 17.6 Å². The zero-order valence-electron chi connectivity index (χ0n) is 11.7. The number of aromatic nitrogens is 2. The third kappa shape index (κ3) is 2.19. The van der Waals surface area contributed by atoms with Crippen molar-refractivity contribution in [2.75, 3.05) is 0 Å². The molecule has 4 nitrogen and oxygen atoms in total. The standard InChI is InChI=1S/C16H20N2O2/c1-2-9-18-14-6-4-3-5-13(14)17-15(18)10-11-7-8-12(11)16(19)20/h3-6,11-12H,2,7-10H2,1H3,(H,19,20). The second-order valence-electron chi connectivity index (χ2n) is 5.65. The molecule has 0 radical (unpaired) electrons. The summed E-state index contributed by atoms with van der Waals surface area (Å²) in [7, 11) is 0. The number of carbonyl (C=O) groups is 1. The van der Waals surface area contributed by atoms with Crippen molar-refractivity contribution in [3.63, 3.8) is 0 Å². The third-order valence-electron chi connectivity index (χ3n) is 4.36. The maximum Gasteiger partial charge on any atom is 0.306 e. The van der Waals surface area contributed by atoms with Crippen LogP contribution in [0.5, 0.6) is 0 Å². The zero-order chi connectivity index (χ0) is 14.1. The summed E-state index contributed by atoms with van der Waals surface area (Å²) in [5.41, 5.74) is 2.18. The Bertz CT molecular complexity index is 632. The highest BCUT2D eigenvalue weighted by molar-refractivity contribution is 5.76. The van der Waals surface area contributed by atoms with E-state index >= 15 is 0 Å². The van der Waals surface area contributed by atoms with Crippen LogP contribution in [0.1, 0.15) is 32.0 Å². The number of nitrogens with zero attached hydrogens (tertiary/aromatic N) is 2. The molecule has 0 amide bonds. The fourth-order valence-electron chi connectivity index (χ4n) is 3.13. The van der Waals surface area contributed by atoms with Crippen molar-refractivity contribution in [2.24, 2.45) is 11.8 Å². The van der Waals surface area contributed by atoms with E-state index in [1.54, 1.807) is 0 Å². The van der Waals surface area contributed by atoms with Crippen LogP contribution in [-0.2, 0) is 17.8 Å². The maximum atomic E-state index is 11.1. The first kappa shape index (κ1) is 13.2. The van der Waals surface area contributed by atoms with E-state index in [0.717, 1.165) is 49.1 Å². The highest BCUT2D eigenvalue weighted by Crippen LogP contribution is 2.37. The summed E-state index contributed by atoms with van der Waals surface area (Å²) >= 11 is 0. The van der Waals surface area contributed by atoms with Crippen LogP contribution in [0.25, 0.3) is 11.0 Å². The summed E-state index contributed by atoms with van der Waals surface area (Å²) in [5.74, 6) is 0.466. The van der Waals surface area contributed by atoms with E-state index in [-0.39, 0.29) is 11.8 Å². The Morgan fingerprint density at radius 3 is 2.85 bits per heavy atom. The molecule has 1 aromatic heterocycles. The molecule has 0 spiro atoms. The van der Waals surface area contributed by atoms with Crippen molar-refractivity contribution in [2.45, 2.75) is 39.2 Å². The first-order chi connectivity index (χ1) is 9.70. The highest BCUT2D eigenvalue weighted by Gasteiger charge is 2.37. The summed E-state index contributed by atoms with van der Waals surface area (Å²) in [6.45, 7) is 3.10. The summed E-state index contributed by atoms with van der Waals surface area (Å²) in [6, 6.07) is 8.15. The van der Waals surface area contributed by atoms with Gasteiger partial charge in [0.2, 0.25) is 0 Å². The Balaban J connectivity index is 1.90. The average Bonchev–Trinajstić information content (AvgIpc) is 2.73. The SMILES string of the molecule is CCCn1c(CC2CCC2C(=O)O)nc2ccccc21. The quantitative estimate of drug-likeness (QED) is 0.910. The second-order valence-corrected chi connectivity index (χ2v) is 5.65. The fraction of sp³-hybridized carbons (Fsp3) is 0.500. The van der Waals surface area contributed by atoms with Crippen LogP contribution in [0.2, 0.25) is 0 Å². The molecule has 0 saturated heterocycles. The number of fused-ring (bicyclic) bond motifs is 1. The molecule has 2 unspecified atom stereocenters. The Morgan fingerprint density at radius 2 is 2.20 bits per heavy atom. The molecule has 1 saturated carbocycles. The van der Waals surface area contributed by atoms with Crippen LogP contribution in [0.4, 0.5) is 0 Å². The lowest BCUT2D eigenvalue weighted by Gasteiger charge is -2.33. The van der Waals surface area contributed by atoms with Gasteiger partial charge in [0, 0.05) is 13.0 Å². The molecule has 0 aliphatic heterocycles. The molecule has 2 atom stereocenters. The number of rotatable bonds is 5. The number of para-hydroxylation sites is 2. The van der Waals surface area contributed by atoms with E-state index in [0.29, 0.717) is 0 Å². The predicted octanol–water partition coefficient (Wildman–Crippen LogP) is 3.10. The summed E-state index contributed by atoms with van der Waals surface area (Å²) < 4.78 is 2.26. The maximum absolute atomic E-state index is 11.1.